The van der Waals surface area contributed by atoms with Crippen LogP contribution in [0, 0.1) is 6.92 Å². The quantitative estimate of drug-likeness (QED) is 0.717. The Hall–Kier alpha value is -2.73. The molecule has 0 radical (unpaired) electrons. The number of amides is 1. The first-order valence-electron chi connectivity index (χ1n) is 9.94. The number of carbonyl (C=O) groups is 1. The van der Waals surface area contributed by atoms with Crippen LogP contribution in [-0.2, 0) is 17.9 Å². The van der Waals surface area contributed by atoms with Crippen LogP contribution in [0.3, 0.4) is 0 Å². The Morgan fingerprint density at radius 1 is 1.29 bits per heavy atom. The Bertz CT molecular complexity index is 980. The average Bonchev–Trinajstić information content (AvgIpc) is 3.26. The standard InChI is InChI=1S/C22H27N5O/c1-16-5-3-6-18(13-16)14-26-11-8-19(15-26)21-20-7-4-9-24-22(20)27(25-21)12-10-23-17(2)28/h3-7,9,13,19H,8,10-12,14-15H2,1-2H3,(H,23,28). The van der Waals surface area contributed by atoms with E-state index in [-0.39, 0.29) is 5.91 Å². The van der Waals surface area contributed by atoms with Crippen molar-refractivity contribution in [1.29, 1.82) is 0 Å². The molecule has 4 rings (SSSR count). The third kappa shape index (κ3) is 4.07. The monoisotopic (exact) mass is 377 g/mol. The molecule has 1 fully saturated rings. The first-order chi connectivity index (χ1) is 13.6. The zero-order valence-electron chi connectivity index (χ0n) is 16.6. The lowest BCUT2D eigenvalue weighted by Gasteiger charge is -2.16. The molecule has 1 N–H and O–H groups in total. The topological polar surface area (TPSA) is 63.1 Å². The molecule has 3 aromatic rings. The van der Waals surface area contributed by atoms with Gasteiger partial charge >= 0.3 is 0 Å². The van der Waals surface area contributed by atoms with Crippen LogP contribution in [-0.4, -0.2) is 45.2 Å². The van der Waals surface area contributed by atoms with Gasteiger partial charge in [0.1, 0.15) is 0 Å². The molecule has 0 spiro atoms. The number of nitrogens with zero attached hydrogens (tertiary/aromatic N) is 4. The minimum atomic E-state index is -0.0211. The molecule has 1 aromatic carbocycles. The van der Waals surface area contributed by atoms with Crippen molar-refractivity contribution in [2.45, 2.75) is 39.3 Å². The van der Waals surface area contributed by atoms with E-state index in [1.165, 1.54) is 18.1 Å². The van der Waals surface area contributed by atoms with E-state index in [1.54, 1.807) is 6.20 Å². The molecule has 1 atom stereocenters. The van der Waals surface area contributed by atoms with Gasteiger partial charge in [-0.2, -0.15) is 5.10 Å². The van der Waals surface area contributed by atoms with Crippen molar-refractivity contribution in [2.75, 3.05) is 19.6 Å². The molecule has 1 aliphatic heterocycles. The number of hydrogen-bond donors (Lipinski definition) is 1. The minimum Gasteiger partial charge on any atom is -0.354 e. The molecule has 0 bridgehead atoms. The van der Waals surface area contributed by atoms with E-state index in [0.717, 1.165) is 42.8 Å². The van der Waals surface area contributed by atoms with Gasteiger partial charge in [-0.3, -0.25) is 9.69 Å². The summed E-state index contributed by atoms with van der Waals surface area (Å²) in [5.74, 6) is 0.394. The summed E-state index contributed by atoms with van der Waals surface area (Å²) in [6, 6.07) is 12.8. The summed E-state index contributed by atoms with van der Waals surface area (Å²) in [6.07, 6.45) is 2.92. The molecular weight excluding hydrogens is 350 g/mol. The second kappa shape index (κ2) is 8.10. The predicted molar refractivity (Wildman–Crippen MR) is 110 cm³/mol. The molecule has 1 amide bonds. The number of pyridine rings is 1. The molecule has 6 heteroatoms. The molecule has 1 saturated heterocycles. The van der Waals surface area contributed by atoms with Gasteiger partial charge < -0.3 is 5.32 Å². The Morgan fingerprint density at radius 2 is 2.18 bits per heavy atom. The molecular formula is C22H27N5O. The summed E-state index contributed by atoms with van der Waals surface area (Å²) in [4.78, 5) is 18.2. The van der Waals surface area contributed by atoms with Gasteiger partial charge in [-0.05, 0) is 37.6 Å². The van der Waals surface area contributed by atoms with Crippen molar-refractivity contribution in [2.24, 2.45) is 0 Å². The smallest absolute Gasteiger partial charge is 0.216 e. The van der Waals surface area contributed by atoms with Gasteiger partial charge in [-0.15, -0.1) is 0 Å². The van der Waals surface area contributed by atoms with Crippen LogP contribution in [0.1, 0.15) is 36.1 Å². The van der Waals surface area contributed by atoms with E-state index < -0.39 is 0 Å². The summed E-state index contributed by atoms with van der Waals surface area (Å²) < 4.78 is 1.93. The molecule has 3 heterocycles. The number of benzene rings is 1. The molecule has 1 aliphatic rings. The van der Waals surface area contributed by atoms with E-state index in [2.05, 4.69) is 52.5 Å². The Morgan fingerprint density at radius 3 is 3.00 bits per heavy atom. The first-order valence-corrected chi connectivity index (χ1v) is 9.94. The molecule has 28 heavy (non-hydrogen) atoms. The largest absolute Gasteiger partial charge is 0.354 e. The Balaban J connectivity index is 1.50. The highest BCUT2D eigenvalue weighted by Crippen LogP contribution is 2.31. The summed E-state index contributed by atoms with van der Waals surface area (Å²) in [5, 5.41) is 8.87. The maximum atomic E-state index is 11.2. The number of aryl methyl sites for hydroxylation is 1. The van der Waals surface area contributed by atoms with Gasteiger partial charge in [0.25, 0.3) is 0 Å². The fourth-order valence-corrected chi connectivity index (χ4v) is 4.10. The van der Waals surface area contributed by atoms with E-state index in [9.17, 15) is 4.79 Å². The molecule has 6 nitrogen and oxygen atoms in total. The van der Waals surface area contributed by atoms with Crippen LogP contribution in [0.4, 0.5) is 0 Å². The van der Waals surface area contributed by atoms with Crippen LogP contribution in [0.2, 0.25) is 0 Å². The number of carbonyl (C=O) groups excluding carboxylic acids is 1. The number of aromatic nitrogens is 3. The second-order valence-electron chi connectivity index (χ2n) is 7.68. The lowest BCUT2D eigenvalue weighted by molar-refractivity contribution is -0.118. The second-order valence-corrected chi connectivity index (χ2v) is 7.68. The maximum Gasteiger partial charge on any atom is 0.216 e. The fourth-order valence-electron chi connectivity index (χ4n) is 4.10. The lowest BCUT2D eigenvalue weighted by Crippen LogP contribution is -2.25. The summed E-state index contributed by atoms with van der Waals surface area (Å²) >= 11 is 0. The van der Waals surface area contributed by atoms with E-state index >= 15 is 0 Å². The zero-order chi connectivity index (χ0) is 19.5. The van der Waals surface area contributed by atoms with Gasteiger partial charge in [0.2, 0.25) is 5.91 Å². The van der Waals surface area contributed by atoms with Crippen molar-refractivity contribution < 1.29 is 4.79 Å². The van der Waals surface area contributed by atoms with Crippen molar-refractivity contribution >= 4 is 16.9 Å². The van der Waals surface area contributed by atoms with E-state index in [1.807, 2.05) is 10.7 Å². The first kappa shape index (κ1) is 18.6. The number of likely N-dealkylation sites (tertiary alicyclic amines) is 1. The summed E-state index contributed by atoms with van der Waals surface area (Å²) in [7, 11) is 0. The van der Waals surface area contributed by atoms with Gasteiger partial charge in [0.05, 0.1) is 12.2 Å². The zero-order valence-corrected chi connectivity index (χ0v) is 16.6. The maximum absolute atomic E-state index is 11.2. The van der Waals surface area contributed by atoms with Crippen LogP contribution in [0.15, 0.2) is 42.6 Å². The van der Waals surface area contributed by atoms with Crippen molar-refractivity contribution in [3.05, 3.63) is 59.4 Å². The van der Waals surface area contributed by atoms with Gasteiger partial charge in [-0.1, -0.05) is 29.8 Å². The van der Waals surface area contributed by atoms with E-state index in [4.69, 9.17) is 5.10 Å². The van der Waals surface area contributed by atoms with Crippen molar-refractivity contribution in [1.82, 2.24) is 25.0 Å². The van der Waals surface area contributed by atoms with Crippen molar-refractivity contribution in [3.8, 4) is 0 Å². The van der Waals surface area contributed by atoms with Gasteiger partial charge in [0, 0.05) is 44.1 Å². The van der Waals surface area contributed by atoms with E-state index in [0.29, 0.717) is 19.0 Å². The van der Waals surface area contributed by atoms with Gasteiger partial charge in [-0.25, -0.2) is 9.67 Å². The molecule has 1 unspecified atom stereocenters. The Kier molecular flexibility index (Phi) is 5.39. The average molecular weight is 377 g/mol. The number of rotatable bonds is 6. The fraction of sp³-hybridized carbons (Fsp3) is 0.409. The number of hydrogen-bond acceptors (Lipinski definition) is 4. The van der Waals surface area contributed by atoms with Crippen LogP contribution < -0.4 is 5.32 Å². The summed E-state index contributed by atoms with van der Waals surface area (Å²) in [5.41, 5.74) is 4.72. The van der Waals surface area contributed by atoms with Crippen molar-refractivity contribution in [3.63, 3.8) is 0 Å². The minimum absolute atomic E-state index is 0.0211. The summed E-state index contributed by atoms with van der Waals surface area (Å²) in [6.45, 7) is 7.95. The molecule has 2 aromatic heterocycles. The molecule has 0 aliphatic carbocycles. The normalized spacial score (nSPS) is 17.3. The van der Waals surface area contributed by atoms with Gasteiger partial charge in [0.15, 0.2) is 5.65 Å². The highest BCUT2D eigenvalue weighted by molar-refractivity contribution is 5.79. The van der Waals surface area contributed by atoms with Crippen LogP contribution in [0.5, 0.6) is 0 Å². The predicted octanol–water partition coefficient (Wildman–Crippen LogP) is 2.87. The SMILES string of the molecule is CC(=O)NCCn1nc(C2CCN(Cc3cccc(C)c3)C2)c2cccnc21. The highest BCUT2D eigenvalue weighted by atomic mass is 16.1. The third-order valence-electron chi connectivity index (χ3n) is 5.38. The number of fused-ring (bicyclic) bond motifs is 1. The van der Waals surface area contributed by atoms with Crippen LogP contribution in [0.25, 0.3) is 11.0 Å². The third-order valence-corrected chi connectivity index (χ3v) is 5.38. The molecule has 0 saturated carbocycles. The molecule has 146 valence electrons. The number of nitrogens with one attached hydrogen (secondary N) is 1. The Labute approximate surface area is 165 Å². The highest BCUT2D eigenvalue weighted by Gasteiger charge is 2.28. The lowest BCUT2D eigenvalue weighted by atomic mass is 10.0. The van der Waals surface area contributed by atoms with Crippen LogP contribution >= 0.6 is 0 Å².